The average Bonchev–Trinajstić information content (AvgIpc) is 3.23. The number of furan rings is 1. The van der Waals surface area contributed by atoms with E-state index >= 15 is 0 Å². The molecule has 0 aliphatic carbocycles. The van der Waals surface area contributed by atoms with Gasteiger partial charge in [0.2, 0.25) is 0 Å². The summed E-state index contributed by atoms with van der Waals surface area (Å²) in [5, 5.41) is 6.10. The van der Waals surface area contributed by atoms with Crippen molar-refractivity contribution >= 4 is 11.9 Å². The van der Waals surface area contributed by atoms with Crippen LogP contribution in [0.15, 0.2) is 47.3 Å². The molecule has 3 heterocycles. The molecule has 2 aromatic rings. The number of piperidine rings is 1. The normalized spacial score (nSPS) is 19.7. The second-order valence-electron chi connectivity index (χ2n) is 6.92. The van der Waals surface area contributed by atoms with Crippen LogP contribution < -0.4 is 15.4 Å². The Morgan fingerprint density at radius 1 is 1.04 bits per heavy atom. The van der Waals surface area contributed by atoms with Crippen molar-refractivity contribution in [2.24, 2.45) is 0 Å². The molecule has 2 N–H and O–H groups in total. The number of nitrogens with one attached hydrogen (secondary N) is 2. The number of hydrogen-bond acceptors (Lipinski definition) is 4. The number of nitrogens with zero attached hydrogens (tertiary/aromatic N) is 1. The summed E-state index contributed by atoms with van der Waals surface area (Å²) in [6.07, 6.45) is 5.19. The fraction of sp³-hybridized carbons (Fsp3) is 0.400. The van der Waals surface area contributed by atoms with Gasteiger partial charge in [-0.1, -0.05) is 18.2 Å². The van der Waals surface area contributed by atoms with Gasteiger partial charge in [-0.05, 0) is 25.0 Å². The van der Waals surface area contributed by atoms with Crippen molar-refractivity contribution in [3.63, 3.8) is 0 Å². The fourth-order valence-electron chi connectivity index (χ4n) is 3.67. The zero-order valence-corrected chi connectivity index (χ0v) is 15.0. The number of likely N-dealkylation sites (tertiary alicyclic amines) is 1. The number of carbonyl (C=O) groups is 2. The number of amides is 3. The van der Waals surface area contributed by atoms with Crippen LogP contribution in [0.5, 0.6) is 5.75 Å². The van der Waals surface area contributed by atoms with Crippen LogP contribution in [0.25, 0.3) is 0 Å². The van der Waals surface area contributed by atoms with E-state index in [4.69, 9.17) is 9.15 Å². The third kappa shape index (κ3) is 3.92. The van der Waals surface area contributed by atoms with Crippen molar-refractivity contribution in [2.45, 2.75) is 31.3 Å². The SMILES string of the molecule is O=C(NC1CCN(C(=O)c2ccoc2)CC1)NC1CCOc2ccccc21. The van der Waals surface area contributed by atoms with Crippen molar-refractivity contribution < 1.29 is 18.7 Å². The topological polar surface area (TPSA) is 83.8 Å². The summed E-state index contributed by atoms with van der Waals surface area (Å²) in [6, 6.07) is 9.31. The number of benzene rings is 1. The van der Waals surface area contributed by atoms with Crippen LogP contribution >= 0.6 is 0 Å². The summed E-state index contributed by atoms with van der Waals surface area (Å²) in [7, 11) is 0. The van der Waals surface area contributed by atoms with Gasteiger partial charge in [-0.2, -0.15) is 0 Å². The largest absolute Gasteiger partial charge is 0.493 e. The molecule has 7 nitrogen and oxygen atoms in total. The molecule has 0 spiro atoms. The van der Waals surface area contributed by atoms with Gasteiger partial charge in [0.15, 0.2) is 0 Å². The number of para-hydroxylation sites is 1. The Morgan fingerprint density at radius 2 is 1.85 bits per heavy atom. The predicted octanol–water partition coefficient (Wildman–Crippen LogP) is 2.71. The summed E-state index contributed by atoms with van der Waals surface area (Å²) < 4.78 is 10.6. The number of carbonyl (C=O) groups excluding carboxylic acids is 2. The van der Waals surface area contributed by atoms with Gasteiger partial charge in [0.05, 0.1) is 24.5 Å². The number of rotatable bonds is 3. The van der Waals surface area contributed by atoms with E-state index in [-0.39, 0.29) is 24.0 Å². The minimum atomic E-state index is -0.170. The van der Waals surface area contributed by atoms with Crippen molar-refractivity contribution in [1.29, 1.82) is 0 Å². The highest BCUT2D eigenvalue weighted by atomic mass is 16.5. The first-order valence-electron chi connectivity index (χ1n) is 9.31. The maximum atomic E-state index is 12.4. The molecule has 0 bridgehead atoms. The van der Waals surface area contributed by atoms with Gasteiger partial charge in [0.1, 0.15) is 12.0 Å². The highest BCUT2D eigenvalue weighted by Crippen LogP contribution is 2.31. The van der Waals surface area contributed by atoms with Crippen molar-refractivity contribution in [3.8, 4) is 5.75 Å². The average molecular weight is 369 g/mol. The van der Waals surface area contributed by atoms with Crippen LogP contribution in [0.2, 0.25) is 0 Å². The highest BCUT2D eigenvalue weighted by Gasteiger charge is 2.27. The van der Waals surface area contributed by atoms with Gasteiger partial charge in [-0.15, -0.1) is 0 Å². The van der Waals surface area contributed by atoms with E-state index in [1.165, 1.54) is 12.5 Å². The molecule has 1 fully saturated rings. The summed E-state index contributed by atoms with van der Waals surface area (Å²) in [5.41, 5.74) is 1.58. The van der Waals surface area contributed by atoms with Crippen LogP contribution in [0.3, 0.4) is 0 Å². The van der Waals surface area contributed by atoms with Crippen LogP contribution in [-0.2, 0) is 0 Å². The molecule has 1 unspecified atom stereocenters. The maximum Gasteiger partial charge on any atom is 0.315 e. The Balaban J connectivity index is 1.27. The Kier molecular flexibility index (Phi) is 5.00. The molecule has 1 aromatic heterocycles. The zero-order valence-electron chi connectivity index (χ0n) is 15.0. The Bertz CT molecular complexity index is 797. The minimum Gasteiger partial charge on any atom is -0.493 e. The zero-order chi connectivity index (χ0) is 18.6. The molecule has 7 heteroatoms. The fourth-order valence-corrected chi connectivity index (χ4v) is 3.67. The van der Waals surface area contributed by atoms with E-state index in [1.54, 1.807) is 11.0 Å². The first-order valence-corrected chi connectivity index (χ1v) is 9.31. The lowest BCUT2D eigenvalue weighted by atomic mass is 10.0. The standard InChI is InChI=1S/C20H23N3O4/c24-19(14-7-11-26-13-14)23-9-5-15(6-10-23)21-20(25)22-17-8-12-27-18-4-2-1-3-16(17)18/h1-4,7,11,13,15,17H,5-6,8-10,12H2,(H2,21,22,25). The molecule has 1 aromatic carbocycles. The third-order valence-corrected chi connectivity index (χ3v) is 5.15. The molecule has 4 rings (SSSR count). The van der Waals surface area contributed by atoms with Crippen molar-refractivity contribution in [2.75, 3.05) is 19.7 Å². The third-order valence-electron chi connectivity index (χ3n) is 5.15. The summed E-state index contributed by atoms with van der Waals surface area (Å²) in [4.78, 5) is 26.6. The summed E-state index contributed by atoms with van der Waals surface area (Å²) in [5.74, 6) is 0.811. The van der Waals surface area contributed by atoms with Gasteiger partial charge in [0, 0.05) is 31.1 Å². The summed E-state index contributed by atoms with van der Waals surface area (Å²) >= 11 is 0. The first kappa shape index (κ1) is 17.5. The quantitative estimate of drug-likeness (QED) is 0.871. The summed E-state index contributed by atoms with van der Waals surface area (Å²) in [6.45, 7) is 1.83. The van der Waals surface area contributed by atoms with E-state index in [1.807, 2.05) is 24.3 Å². The van der Waals surface area contributed by atoms with E-state index in [0.717, 1.165) is 30.6 Å². The Hall–Kier alpha value is -2.96. The molecule has 0 saturated carbocycles. The molecule has 2 aliphatic heterocycles. The second kappa shape index (κ2) is 7.73. The van der Waals surface area contributed by atoms with E-state index in [9.17, 15) is 9.59 Å². The second-order valence-corrected chi connectivity index (χ2v) is 6.92. The highest BCUT2D eigenvalue weighted by molar-refractivity contribution is 5.93. The molecule has 1 saturated heterocycles. The van der Waals surface area contributed by atoms with Gasteiger partial charge < -0.3 is 24.7 Å². The van der Waals surface area contributed by atoms with Crippen LogP contribution in [-0.4, -0.2) is 42.6 Å². The minimum absolute atomic E-state index is 0.0227. The maximum absolute atomic E-state index is 12.4. The molecular weight excluding hydrogens is 346 g/mol. The Morgan fingerprint density at radius 3 is 2.63 bits per heavy atom. The van der Waals surface area contributed by atoms with Crippen molar-refractivity contribution in [3.05, 3.63) is 54.0 Å². The van der Waals surface area contributed by atoms with E-state index < -0.39 is 0 Å². The van der Waals surface area contributed by atoms with E-state index in [2.05, 4.69) is 10.6 Å². The number of ether oxygens (including phenoxy) is 1. The van der Waals surface area contributed by atoms with Gasteiger partial charge in [-0.25, -0.2) is 4.79 Å². The molecular formula is C20H23N3O4. The van der Waals surface area contributed by atoms with E-state index in [0.29, 0.717) is 25.3 Å². The van der Waals surface area contributed by atoms with Gasteiger partial charge >= 0.3 is 6.03 Å². The molecule has 27 heavy (non-hydrogen) atoms. The van der Waals surface area contributed by atoms with Crippen LogP contribution in [0, 0.1) is 0 Å². The molecule has 142 valence electrons. The Labute approximate surface area is 157 Å². The lowest BCUT2D eigenvalue weighted by Gasteiger charge is -2.33. The number of hydrogen-bond donors (Lipinski definition) is 2. The smallest absolute Gasteiger partial charge is 0.315 e. The first-order chi connectivity index (χ1) is 13.2. The van der Waals surface area contributed by atoms with Crippen LogP contribution in [0.1, 0.15) is 41.2 Å². The molecule has 2 aliphatic rings. The van der Waals surface area contributed by atoms with Gasteiger partial charge in [0.25, 0.3) is 5.91 Å². The monoisotopic (exact) mass is 369 g/mol. The van der Waals surface area contributed by atoms with Gasteiger partial charge in [-0.3, -0.25) is 4.79 Å². The molecule has 1 atom stereocenters. The predicted molar refractivity (Wildman–Crippen MR) is 98.6 cm³/mol. The number of fused-ring (bicyclic) bond motifs is 1. The number of urea groups is 1. The van der Waals surface area contributed by atoms with Crippen molar-refractivity contribution in [1.82, 2.24) is 15.5 Å². The molecule has 3 amide bonds. The molecule has 0 radical (unpaired) electrons. The lowest BCUT2D eigenvalue weighted by Crippen LogP contribution is -2.49. The lowest BCUT2D eigenvalue weighted by molar-refractivity contribution is 0.0707. The van der Waals surface area contributed by atoms with Crippen LogP contribution in [0.4, 0.5) is 4.79 Å².